The first-order valence-corrected chi connectivity index (χ1v) is 19.1. The van der Waals surface area contributed by atoms with Crippen LogP contribution in [0.1, 0.15) is 69.7 Å². The van der Waals surface area contributed by atoms with E-state index in [2.05, 4.69) is 25.3 Å². The number of aromatic nitrogens is 4. The molecule has 12 nitrogen and oxygen atoms in total. The van der Waals surface area contributed by atoms with Crippen molar-refractivity contribution in [2.75, 3.05) is 56.9 Å². The maximum Gasteiger partial charge on any atom is 0.432 e. The Labute approximate surface area is 334 Å². The van der Waals surface area contributed by atoms with Gasteiger partial charge in [0.1, 0.15) is 11.4 Å². The zero-order valence-corrected chi connectivity index (χ0v) is 32.4. The van der Waals surface area contributed by atoms with E-state index < -0.39 is 41.2 Å². The maximum atomic E-state index is 13.8. The molecule has 5 N–H and O–H groups in total. The van der Waals surface area contributed by atoms with E-state index in [4.69, 9.17) is 28.9 Å². The summed E-state index contributed by atoms with van der Waals surface area (Å²) in [5.74, 6) is -1.41. The summed E-state index contributed by atoms with van der Waals surface area (Å²) in [6.07, 6.45) is -6.72. The highest BCUT2D eigenvalue weighted by atomic mass is 35.5. The highest BCUT2D eigenvalue weighted by Gasteiger charge is 2.36. The van der Waals surface area contributed by atoms with Gasteiger partial charge in [0, 0.05) is 103 Å². The topological polar surface area (TPSA) is 143 Å². The van der Waals surface area contributed by atoms with Gasteiger partial charge in [-0.1, -0.05) is 35.3 Å². The van der Waals surface area contributed by atoms with Crippen LogP contribution in [0, 0.1) is 0 Å². The first-order valence-electron chi connectivity index (χ1n) is 18.3. The molecule has 0 radical (unpaired) electrons. The molecule has 2 saturated heterocycles. The summed E-state index contributed by atoms with van der Waals surface area (Å²) >= 11 is 13.2. The fourth-order valence-electron chi connectivity index (χ4n) is 7.18. The Morgan fingerprint density at radius 3 is 2.02 bits per heavy atom. The Morgan fingerprint density at radius 1 is 0.877 bits per heavy atom. The van der Waals surface area contributed by atoms with Crippen LogP contribution in [0.5, 0.6) is 0 Å². The molecule has 2 unspecified atom stereocenters. The number of nitrogens with one attached hydrogen (secondary N) is 3. The summed E-state index contributed by atoms with van der Waals surface area (Å²) in [5, 5.41) is 15.3. The van der Waals surface area contributed by atoms with Gasteiger partial charge in [0.2, 0.25) is 0 Å². The summed E-state index contributed by atoms with van der Waals surface area (Å²) in [5.41, 5.74) is 5.11. The number of aromatic amines is 2. The van der Waals surface area contributed by atoms with E-state index in [0.717, 1.165) is 25.9 Å². The maximum absolute atomic E-state index is 13.8. The predicted octanol–water partition coefficient (Wildman–Crippen LogP) is 7.01. The van der Waals surface area contributed by atoms with Gasteiger partial charge in [-0.25, -0.2) is 0 Å². The SMILES string of the molecule is CC(CN(Cc1c(Cl)cccc1NC1CCN(CCN(Cc2c(N)cccc2Cl)C(=O)c2cc(C(F)(F)F)[nH]n2)C1)C(=O)c1cc(C(F)(F)F)[nH]n1)N1CCCC1. The third-order valence-corrected chi connectivity index (χ3v) is 11.0. The number of H-pyrrole nitrogens is 2. The summed E-state index contributed by atoms with van der Waals surface area (Å²) < 4.78 is 80.2. The van der Waals surface area contributed by atoms with Gasteiger partial charge in [0.15, 0.2) is 11.4 Å². The van der Waals surface area contributed by atoms with Crippen molar-refractivity contribution in [3.8, 4) is 0 Å². The van der Waals surface area contributed by atoms with Crippen molar-refractivity contribution in [3.05, 3.63) is 92.5 Å². The number of anilines is 2. The van der Waals surface area contributed by atoms with Crippen LogP contribution in [0.2, 0.25) is 10.0 Å². The second kappa shape index (κ2) is 17.5. The summed E-state index contributed by atoms with van der Waals surface area (Å²) in [6.45, 7) is 5.43. The molecule has 2 amide bonds. The molecule has 4 aromatic rings. The molecular weight excluding hydrogens is 801 g/mol. The lowest BCUT2D eigenvalue weighted by Gasteiger charge is -2.31. The molecule has 4 heterocycles. The minimum Gasteiger partial charge on any atom is -0.398 e. The number of hydrogen-bond acceptors (Lipinski definition) is 8. The fraction of sp³-hybridized carbons (Fsp3) is 0.459. The zero-order valence-electron chi connectivity index (χ0n) is 30.9. The number of carbonyl (C=O) groups excluding carboxylic acids is 2. The average Bonchev–Trinajstić information content (AvgIpc) is 3.98. The van der Waals surface area contributed by atoms with Gasteiger partial charge in [-0.3, -0.25) is 29.6 Å². The second-order valence-electron chi connectivity index (χ2n) is 14.3. The van der Waals surface area contributed by atoms with Crippen LogP contribution in [0.3, 0.4) is 0 Å². The quantitative estimate of drug-likeness (QED) is 0.0785. The van der Waals surface area contributed by atoms with Gasteiger partial charge in [0.25, 0.3) is 11.8 Å². The van der Waals surface area contributed by atoms with Crippen molar-refractivity contribution in [3.63, 3.8) is 0 Å². The number of halogens is 8. The number of alkyl halides is 6. The molecule has 2 aromatic heterocycles. The van der Waals surface area contributed by atoms with Gasteiger partial charge in [-0.2, -0.15) is 36.5 Å². The number of nitrogens with zero attached hydrogens (tertiary/aromatic N) is 6. The minimum absolute atomic E-state index is 0.00480. The molecule has 0 bridgehead atoms. The molecule has 0 saturated carbocycles. The molecule has 57 heavy (non-hydrogen) atoms. The largest absolute Gasteiger partial charge is 0.432 e. The van der Waals surface area contributed by atoms with E-state index in [1.165, 1.54) is 9.80 Å². The molecule has 20 heteroatoms. The highest BCUT2D eigenvalue weighted by Crippen LogP contribution is 2.32. The van der Waals surface area contributed by atoms with Gasteiger partial charge in [-0.05, 0) is 63.5 Å². The Bertz CT molecular complexity index is 2010. The number of nitrogens with two attached hydrogens (primary N) is 1. The summed E-state index contributed by atoms with van der Waals surface area (Å²) in [4.78, 5) is 34.5. The first-order chi connectivity index (χ1) is 27.0. The average molecular weight is 844 g/mol. The molecule has 2 atom stereocenters. The number of carbonyl (C=O) groups is 2. The number of benzene rings is 2. The number of nitrogen functional groups attached to an aromatic ring is 1. The van der Waals surface area contributed by atoms with E-state index in [-0.39, 0.29) is 44.0 Å². The van der Waals surface area contributed by atoms with Crippen molar-refractivity contribution in [2.45, 2.75) is 63.7 Å². The number of likely N-dealkylation sites (tertiary alicyclic amines) is 2. The molecule has 6 rings (SSSR count). The van der Waals surface area contributed by atoms with Crippen LogP contribution in [0.15, 0.2) is 48.5 Å². The van der Waals surface area contributed by atoms with Crippen LogP contribution in [0.25, 0.3) is 0 Å². The Morgan fingerprint density at radius 2 is 1.44 bits per heavy atom. The second-order valence-corrected chi connectivity index (χ2v) is 15.2. The third-order valence-electron chi connectivity index (χ3n) is 10.3. The Balaban J connectivity index is 1.16. The smallest absolute Gasteiger partial charge is 0.398 e. The highest BCUT2D eigenvalue weighted by molar-refractivity contribution is 6.32. The van der Waals surface area contributed by atoms with Gasteiger partial charge in [0.05, 0.1) is 0 Å². The molecular formula is C37H42Cl2F6N10O2. The molecule has 0 spiro atoms. The molecule has 2 fully saturated rings. The molecule has 2 aliphatic heterocycles. The minimum atomic E-state index is -4.72. The van der Waals surface area contributed by atoms with E-state index in [1.54, 1.807) is 30.3 Å². The van der Waals surface area contributed by atoms with Gasteiger partial charge < -0.3 is 20.9 Å². The van der Waals surface area contributed by atoms with Crippen molar-refractivity contribution in [2.24, 2.45) is 0 Å². The summed E-state index contributed by atoms with van der Waals surface area (Å²) in [6, 6.07) is 11.3. The van der Waals surface area contributed by atoms with Gasteiger partial charge >= 0.3 is 12.4 Å². The molecule has 0 aliphatic carbocycles. The number of rotatable bonds is 14. The lowest BCUT2D eigenvalue weighted by Crippen LogP contribution is -2.43. The van der Waals surface area contributed by atoms with E-state index in [0.29, 0.717) is 70.7 Å². The van der Waals surface area contributed by atoms with Gasteiger partial charge in [-0.15, -0.1) is 0 Å². The number of hydrogen-bond donors (Lipinski definition) is 4. The normalized spacial score (nSPS) is 17.2. The standard InChI is InChI=1S/C37H42Cl2F6N10O2/c1-22(53-11-2-3-12-53)18-55(35(57)31-17-33(51-49-31)37(43,44)45)21-25-27(39)7-5-9-29(25)47-23-10-13-52(19-23)14-15-54(20-24-26(38)6-4-8-28(24)46)34(56)30-16-32(50-48-30)36(40,41)42/h4-9,16-17,22-23,47H,2-3,10-15,18-21,46H2,1H3,(H,48,50)(H,49,51). The van der Waals surface area contributed by atoms with Crippen molar-refractivity contribution in [1.29, 1.82) is 0 Å². The Hall–Kier alpha value is -4.52. The lowest BCUT2D eigenvalue weighted by atomic mass is 10.1. The third kappa shape index (κ3) is 10.3. The van der Waals surface area contributed by atoms with Crippen LogP contribution in [0.4, 0.5) is 37.7 Å². The fourth-order valence-corrected chi connectivity index (χ4v) is 7.66. The summed E-state index contributed by atoms with van der Waals surface area (Å²) in [7, 11) is 0. The molecule has 2 aliphatic rings. The van der Waals surface area contributed by atoms with Crippen molar-refractivity contribution in [1.82, 2.24) is 40.0 Å². The van der Waals surface area contributed by atoms with Crippen LogP contribution in [-0.4, -0.2) is 110 Å². The van der Waals surface area contributed by atoms with E-state index >= 15 is 0 Å². The van der Waals surface area contributed by atoms with E-state index in [1.807, 2.05) is 23.2 Å². The zero-order chi connectivity index (χ0) is 41.1. The molecule has 2 aromatic carbocycles. The van der Waals surface area contributed by atoms with Crippen molar-refractivity contribution >= 4 is 46.4 Å². The monoisotopic (exact) mass is 842 g/mol. The predicted molar refractivity (Wildman–Crippen MR) is 203 cm³/mol. The Kier molecular flexibility index (Phi) is 13.0. The molecule has 308 valence electrons. The lowest BCUT2D eigenvalue weighted by molar-refractivity contribution is -0.142. The van der Waals surface area contributed by atoms with Crippen molar-refractivity contribution < 1.29 is 35.9 Å². The number of amides is 2. The first kappa shape index (κ1) is 42.1. The van der Waals surface area contributed by atoms with E-state index in [9.17, 15) is 35.9 Å². The van der Waals surface area contributed by atoms with Crippen LogP contribution < -0.4 is 11.1 Å². The van der Waals surface area contributed by atoms with Crippen LogP contribution in [-0.2, 0) is 25.4 Å². The van der Waals surface area contributed by atoms with Crippen LogP contribution >= 0.6 is 23.2 Å².